The summed E-state index contributed by atoms with van der Waals surface area (Å²) in [6.45, 7) is 5.12. The van der Waals surface area contributed by atoms with E-state index in [1.165, 1.54) is 38.5 Å². The second-order valence-electron chi connectivity index (χ2n) is 7.61. The van der Waals surface area contributed by atoms with Gasteiger partial charge in [-0.3, -0.25) is 0 Å². The highest BCUT2D eigenvalue weighted by Gasteiger charge is 2.54. The smallest absolute Gasteiger partial charge is 0.150 e. The van der Waals surface area contributed by atoms with E-state index in [9.17, 15) is 0 Å². The molecule has 1 heterocycles. The lowest BCUT2D eigenvalue weighted by Crippen LogP contribution is -2.51. The van der Waals surface area contributed by atoms with Crippen LogP contribution < -0.4 is 5.73 Å². The summed E-state index contributed by atoms with van der Waals surface area (Å²) >= 11 is 0. The topological polar surface area (TPSA) is 56.7 Å². The fraction of sp³-hybridized carbons (Fsp3) is 0.875. The fourth-order valence-corrected chi connectivity index (χ4v) is 5.85. The lowest BCUT2D eigenvalue weighted by Gasteiger charge is -2.58. The Labute approximate surface area is 121 Å². The molecule has 1 atom stereocenters. The average molecular weight is 274 g/mol. The molecule has 0 aromatic carbocycles. The van der Waals surface area contributed by atoms with Gasteiger partial charge >= 0.3 is 0 Å². The van der Waals surface area contributed by atoms with Gasteiger partial charge in [0.15, 0.2) is 5.82 Å². The number of nitrogens with zero attached hydrogens (tertiary/aromatic N) is 3. The van der Waals surface area contributed by atoms with Crippen LogP contribution in [0.15, 0.2) is 0 Å². The van der Waals surface area contributed by atoms with E-state index in [4.69, 9.17) is 5.73 Å². The average Bonchev–Trinajstić information content (AvgIpc) is 2.77. The van der Waals surface area contributed by atoms with Crippen molar-refractivity contribution >= 4 is 0 Å². The van der Waals surface area contributed by atoms with E-state index in [1.54, 1.807) is 0 Å². The summed E-state index contributed by atoms with van der Waals surface area (Å²) in [5.74, 6) is 4.85. The second-order valence-corrected chi connectivity index (χ2v) is 7.61. The number of rotatable bonds is 3. The maximum Gasteiger partial charge on any atom is 0.150 e. The van der Waals surface area contributed by atoms with Crippen LogP contribution in [0.5, 0.6) is 0 Å². The molecule has 20 heavy (non-hydrogen) atoms. The Bertz CT molecular complexity index is 483. The highest BCUT2D eigenvalue weighted by molar-refractivity contribution is 5.12. The minimum Gasteiger partial charge on any atom is -0.321 e. The zero-order valence-electron chi connectivity index (χ0n) is 12.7. The number of hydrogen-bond donors (Lipinski definition) is 1. The van der Waals surface area contributed by atoms with Crippen LogP contribution in [0.4, 0.5) is 0 Å². The van der Waals surface area contributed by atoms with Crippen LogP contribution in [0, 0.1) is 30.1 Å². The summed E-state index contributed by atoms with van der Waals surface area (Å²) in [6.07, 6.45) is 8.38. The molecular weight excluding hydrogens is 248 g/mol. The van der Waals surface area contributed by atoms with Crippen LogP contribution in [-0.4, -0.2) is 14.8 Å². The predicted molar refractivity (Wildman–Crippen MR) is 78.0 cm³/mol. The van der Waals surface area contributed by atoms with E-state index in [-0.39, 0.29) is 6.04 Å². The van der Waals surface area contributed by atoms with Gasteiger partial charge in [-0.25, -0.2) is 0 Å². The van der Waals surface area contributed by atoms with Gasteiger partial charge in [-0.15, -0.1) is 10.2 Å². The van der Waals surface area contributed by atoms with Crippen LogP contribution in [0.2, 0.25) is 0 Å². The van der Waals surface area contributed by atoms with Crippen molar-refractivity contribution in [3.05, 3.63) is 11.6 Å². The molecule has 1 unspecified atom stereocenters. The van der Waals surface area contributed by atoms with E-state index in [0.29, 0.717) is 5.41 Å². The van der Waals surface area contributed by atoms with Crippen molar-refractivity contribution in [2.45, 2.75) is 65.0 Å². The third kappa shape index (κ3) is 1.70. The van der Waals surface area contributed by atoms with Gasteiger partial charge < -0.3 is 10.3 Å². The van der Waals surface area contributed by atoms with Crippen LogP contribution in [0.3, 0.4) is 0 Å². The molecule has 4 bridgehead atoms. The van der Waals surface area contributed by atoms with Gasteiger partial charge in [0.2, 0.25) is 0 Å². The highest BCUT2D eigenvalue weighted by atomic mass is 15.3. The molecule has 2 N–H and O–H groups in total. The van der Waals surface area contributed by atoms with Crippen molar-refractivity contribution in [2.24, 2.45) is 28.9 Å². The molecule has 4 fully saturated rings. The minimum atomic E-state index is 0.0806. The van der Waals surface area contributed by atoms with Gasteiger partial charge in [0, 0.05) is 6.54 Å². The molecule has 4 heteroatoms. The largest absolute Gasteiger partial charge is 0.321 e. The summed E-state index contributed by atoms with van der Waals surface area (Å²) in [6, 6.07) is 0.0806. The first-order valence-corrected chi connectivity index (χ1v) is 8.26. The Kier molecular flexibility index (Phi) is 2.75. The van der Waals surface area contributed by atoms with Gasteiger partial charge in [-0.2, -0.15) is 0 Å². The molecule has 0 radical (unpaired) electrons. The zero-order chi connectivity index (χ0) is 13.9. The lowest BCUT2D eigenvalue weighted by atomic mass is 9.47. The maximum atomic E-state index is 6.76. The third-order valence-corrected chi connectivity index (χ3v) is 6.30. The van der Waals surface area contributed by atoms with Gasteiger partial charge in [0.1, 0.15) is 5.82 Å². The maximum absolute atomic E-state index is 6.76. The van der Waals surface area contributed by atoms with Crippen LogP contribution in [-0.2, 0) is 6.54 Å². The van der Waals surface area contributed by atoms with E-state index in [0.717, 1.165) is 35.9 Å². The molecule has 0 aliphatic heterocycles. The number of nitrogens with two attached hydrogens (primary N) is 1. The summed E-state index contributed by atoms with van der Waals surface area (Å²) in [5.41, 5.74) is 7.08. The molecule has 110 valence electrons. The molecule has 4 aliphatic carbocycles. The van der Waals surface area contributed by atoms with Crippen molar-refractivity contribution in [2.75, 3.05) is 0 Å². The molecule has 5 rings (SSSR count). The van der Waals surface area contributed by atoms with E-state index in [2.05, 4.69) is 21.7 Å². The fourth-order valence-electron chi connectivity index (χ4n) is 5.85. The Morgan fingerprint density at radius 2 is 1.70 bits per heavy atom. The standard InChI is InChI=1S/C16H26N4/c1-3-20-10(2)18-19-15(20)14(17)16-7-11-4-12(8-16)6-13(5-11)9-16/h11-14H,3-9,17H2,1-2H3. The quantitative estimate of drug-likeness (QED) is 0.922. The Hall–Kier alpha value is -0.900. The number of aryl methyl sites for hydroxylation is 1. The molecule has 0 saturated heterocycles. The normalized spacial score (nSPS) is 40.2. The molecule has 4 nitrogen and oxygen atoms in total. The Morgan fingerprint density at radius 1 is 1.15 bits per heavy atom. The van der Waals surface area contributed by atoms with Crippen molar-refractivity contribution in [3.8, 4) is 0 Å². The van der Waals surface area contributed by atoms with Crippen LogP contribution in [0.1, 0.15) is 63.1 Å². The Morgan fingerprint density at radius 3 is 2.20 bits per heavy atom. The summed E-state index contributed by atoms with van der Waals surface area (Å²) in [5, 5.41) is 8.70. The molecule has 1 aromatic rings. The third-order valence-electron chi connectivity index (χ3n) is 6.30. The van der Waals surface area contributed by atoms with E-state index in [1.807, 2.05) is 6.92 Å². The molecule has 4 saturated carbocycles. The monoisotopic (exact) mass is 274 g/mol. The molecule has 0 spiro atoms. The SMILES string of the molecule is CCn1c(C)nnc1C(N)C12CC3CC(CC(C3)C1)C2. The van der Waals surface area contributed by atoms with E-state index >= 15 is 0 Å². The first kappa shape index (κ1) is 12.8. The Balaban J connectivity index is 1.69. The van der Waals surface area contributed by atoms with Crippen molar-refractivity contribution < 1.29 is 0 Å². The molecule has 4 aliphatic rings. The van der Waals surface area contributed by atoms with Crippen molar-refractivity contribution in [3.63, 3.8) is 0 Å². The summed E-state index contributed by atoms with van der Waals surface area (Å²) < 4.78 is 2.21. The second kappa shape index (κ2) is 4.30. The number of aromatic nitrogens is 3. The summed E-state index contributed by atoms with van der Waals surface area (Å²) in [7, 11) is 0. The molecular formula is C16H26N4. The van der Waals surface area contributed by atoms with Gasteiger partial charge in [-0.05, 0) is 75.5 Å². The van der Waals surface area contributed by atoms with Gasteiger partial charge in [-0.1, -0.05) is 0 Å². The predicted octanol–water partition coefficient (Wildman–Crippen LogP) is 2.82. The van der Waals surface area contributed by atoms with Crippen molar-refractivity contribution in [1.82, 2.24) is 14.8 Å². The van der Waals surface area contributed by atoms with Gasteiger partial charge in [0.05, 0.1) is 6.04 Å². The van der Waals surface area contributed by atoms with E-state index < -0.39 is 0 Å². The highest BCUT2D eigenvalue weighted by Crippen LogP contribution is 2.63. The molecule has 0 amide bonds. The first-order chi connectivity index (χ1) is 9.61. The first-order valence-electron chi connectivity index (χ1n) is 8.26. The minimum absolute atomic E-state index is 0.0806. The van der Waals surface area contributed by atoms with Crippen LogP contribution in [0.25, 0.3) is 0 Å². The summed E-state index contributed by atoms with van der Waals surface area (Å²) in [4.78, 5) is 0. The van der Waals surface area contributed by atoms with Crippen LogP contribution >= 0.6 is 0 Å². The number of hydrogen-bond acceptors (Lipinski definition) is 3. The lowest BCUT2D eigenvalue weighted by molar-refractivity contribution is -0.0697. The zero-order valence-corrected chi connectivity index (χ0v) is 12.7. The van der Waals surface area contributed by atoms with Crippen molar-refractivity contribution in [1.29, 1.82) is 0 Å². The van der Waals surface area contributed by atoms with Gasteiger partial charge in [0.25, 0.3) is 0 Å². The molecule has 1 aromatic heterocycles.